The highest BCUT2D eigenvalue weighted by Crippen LogP contribution is 2.31. The lowest BCUT2D eigenvalue weighted by Gasteiger charge is -2.45. The molecule has 1 saturated carbocycles. The van der Waals surface area contributed by atoms with Gasteiger partial charge in [-0.3, -0.25) is 9.59 Å². The van der Waals surface area contributed by atoms with Crippen LogP contribution in [0.25, 0.3) is 0 Å². The van der Waals surface area contributed by atoms with E-state index in [9.17, 15) is 9.59 Å². The van der Waals surface area contributed by atoms with Crippen molar-refractivity contribution in [3.05, 3.63) is 0 Å². The maximum atomic E-state index is 12.9. The molecular weight excluding hydrogens is 264 g/mol. The molecule has 21 heavy (non-hydrogen) atoms. The molecule has 1 N–H and O–H groups in total. The number of rotatable bonds is 4. The summed E-state index contributed by atoms with van der Waals surface area (Å²) in [6.07, 6.45) is 5.95. The van der Waals surface area contributed by atoms with E-state index < -0.39 is 0 Å². The maximum absolute atomic E-state index is 12.9. The fourth-order valence-corrected chi connectivity index (χ4v) is 3.89. The van der Waals surface area contributed by atoms with Crippen LogP contribution in [0.3, 0.4) is 0 Å². The summed E-state index contributed by atoms with van der Waals surface area (Å²) in [4.78, 5) is 27.2. The summed E-state index contributed by atoms with van der Waals surface area (Å²) in [5.41, 5.74) is 0. The highest BCUT2D eigenvalue weighted by molar-refractivity contribution is 5.97. The van der Waals surface area contributed by atoms with Gasteiger partial charge in [0.1, 0.15) is 12.1 Å². The van der Waals surface area contributed by atoms with Gasteiger partial charge in [0.15, 0.2) is 0 Å². The number of amides is 2. The third-order valence-corrected chi connectivity index (χ3v) is 4.90. The number of hydrogen-bond donors (Lipinski definition) is 1. The molecule has 1 aliphatic heterocycles. The van der Waals surface area contributed by atoms with E-state index in [4.69, 9.17) is 0 Å². The van der Waals surface area contributed by atoms with Crippen molar-refractivity contribution in [3.63, 3.8) is 0 Å². The van der Waals surface area contributed by atoms with Crippen molar-refractivity contribution in [2.24, 2.45) is 11.8 Å². The number of carbonyl (C=O) groups is 2. The van der Waals surface area contributed by atoms with Gasteiger partial charge in [0.05, 0.1) is 0 Å². The predicted molar refractivity (Wildman–Crippen MR) is 83.7 cm³/mol. The van der Waals surface area contributed by atoms with Gasteiger partial charge in [-0.2, -0.15) is 0 Å². The van der Waals surface area contributed by atoms with Crippen LogP contribution in [0.2, 0.25) is 0 Å². The predicted octanol–water partition coefficient (Wildman–Crippen LogP) is 2.72. The van der Waals surface area contributed by atoms with E-state index in [2.05, 4.69) is 26.1 Å². The van der Waals surface area contributed by atoms with E-state index in [1.54, 1.807) is 0 Å². The molecule has 2 fully saturated rings. The minimum atomic E-state index is -0.322. The number of carbonyl (C=O) groups excluding carboxylic acids is 2. The molecule has 4 nitrogen and oxygen atoms in total. The third kappa shape index (κ3) is 3.58. The normalized spacial score (nSPS) is 34.2. The van der Waals surface area contributed by atoms with Crippen LogP contribution in [0.15, 0.2) is 0 Å². The summed E-state index contributed by atoms with van der Waals surface area (Å²) >= 11 is 0. The van der Waals surface area contributed by atoms with Crippen molar-refractivity contribution in [1.29, 1.82) is 0 Å². The molecule has 120 valence electrons. The van der Waals surface area contributed by atoms with Crippen molar-refractivity contribution in [3.8, 4) is 0 Å². The smallest absolute Gasteiger partial charge is 0.246 e. The summed E-state index contributed by atoms with van der Waals surface area (Å²) in [7, 11) is 0. The summed E-state index contributed by atoms with van der Waals surface area (Å²) in [5, 5.41) is 2.95. The van der Waals surface area contributed by atoms with Crippen molar-refractivity contribution < 1.29 is 9.59 Å². The molecule has 1 saturated heterocycles. The SMILES string of the molecule is CCC1C(=O)NC(CC(C)C)C(=O)N1C1CCCC(C)C1. The Hall–Kier alpha value is -1.06. The van der Waals surface area contributed by atoms with Gasteiger partial charge in [-0.25, -0.2) is 0 Å². The van der Waals surface area contributed by atoms with Gasteiger partial charge in [-0.1, -0.05) is 40.5 Å². The highest BCUT2D eigenvalue weighted by atomic mass is 16.2. The Labute approximate surface area is 128 Å². The van der Waals surface area contributed by atoms with Gasteiger partial charge < -0.3 is 10.2 Å². The minimum Gasteiger partial charge on any atom is -0.342 e. The van der Waals surface area contributed by atoms with Crippen molar-refractivity contribution in [2.45, 2.75) is 84.3 Å². The molecule has 4 atom stereocenters. The first-order valence-electron chi connectivity index (χ1n) is 8.56. The lowest BCUT2D eigenvalue weighted by Crippen LogP contribution is -2.66. The number of piperazine rings is 1. The Bertz CT molecular complexity index is 394. The van der Waals surface area contributed by atoms with Crippen LogP contribution in [-0.2, 0) is 9.59 Å². The summed E-state index contributed by atoms with van der Waals surface area (Å²) in [5.74, 6) is 1.25. The van der Waals surface area contributed by atoms with E-state index >= 15 is 0 Å². The molecule has 0 aromatic heterocycles. The zero-order chi connectivity index (χ0) is 15.6. The van der Waals surface area contributed by atoms with Crippen LogP contribution in [0.5, 0.6) is 0 Å². The Morgan fingerprint density at radius 3 is 2.57 bits per heavy atom. The highest BCUT2D eigenvalue weighted by Gasteiger charge is 2.43. The molecule has 0 spiro atoms. The Kier molecular flexibility index (Phi) is 5.28. The lowest BCUT2D eigenvalue weighted by molar-refractivity contribution is -0.154. The standard InChI is InChI=1S/C17H30N2O2/c1-5-15-16(20)18-14(9-11(2)3)17(21)19(15)13-8-6-7-12(4)10-13/h11-15H,5-10H2,1-4H3,(H,18,20). The molecule has 0 aromatic rings. The van der Waals surface area contributed by atoms with E-state index in [1.807, 2.05) is 11.8 Å². The van der Waals surface area contributed by atoms with Crippen molar-refractivity contribution in [1.82, 2.24) is 10.2 Å². The summed E-state index contributed by atoms with van der Waals surface area (Å²) in [6.45, 7) is 8.45. The molecule has 4 unspecified atom stereocenters. The topological polar surface area (TPSA) is 49.4 Å². The lowest BCUT2D eigenvalue weighted by atomic mass is 9.84. The molecule has 2 amide bonds. The fraction of sp³-hybridized carbons (Fsp3) is 0.882. The van der Waals surface area contributed by atoms with Crippen LogP contribution < -0.4 is 5.32 Å². The van der Waals surface area contributed by atoms with E-state index in [1.165, 1.54) is 12.8 Å². The number of hydrogen-bond acceptors (Lipinski definition) is 2. The zero-order valence-corrected chi connectivity index (χ0v) is 13.9. The first kappa shape index (κ1) is 16.3. The van der Waals surface area contributed by atoms with Crippen molar-refractivity contribution >= 4 is 11.8 Å². The van der Waals surface area contributed by atoms with Crippen LogP contribution in [-0.4, -0.2) is 34.8 Å². The average Bonchev–Trinajstić information content (AvgIpc) is 2.41. The quantitative estimate of drug-likeness (QED) is 0.866. The second-order valence-corrected chi connectivity index (χ2v) is 7.29. The summed E-state index contributed by atoms with van der Waals surface area (Å²) in [6, 6.07) is -0.333. The second kappa shape index (κ2) is 6.80. The fourth-order valence-electron chi connectivity index (χ4n) is 3.89. The number of nitrogens with zero attached hydrogens (tertiary/aromatic N) is 1. The third-order valence-electron chi connectivity index (χ3n) is 4.90. The molecular formula is C17H30N2O2. The van der Waals surface area contributed by atoms with Gasteiger partial charge in [0.25, 0.3) is 0 Å². The van der Waals surface area contributed by atoms with Crippen LogP contribution >= 0.6 is 0 Å². The molecule has 2 rings (SSSR count). The molecule has 0 bridgehead atoms. The Morgan fingerprint density at radius 1 is 1.29 bits per heavy atom. The van der Waals surface area contributed by atoms with Crippen molar-refractivity contribution in [2.75, 3.05) is 0 Å². The molecule has 1 aliphatic carbocycles. The van der Waals surface area contributed by atoms with E-state index in [0.717, 1.165) is 19.3 Å². The van der Waals surface area contributed by atoms with Gasteiger partial charge >= 0.3 is 0 Å². The second-order valence-electron chi connectivity index (χ2n) is 7.29. The average molecular weight is 294 g/mol. The summed E-state index contributed by atoms with van der Waals surface area (Å²) < 4.78 is 0. The maximum Gasteiger partial charge on any atom is 0.246 e. The zero-order valence-electron chi connectivity index (χ0n) is 13.9. The first-order chi connectivity index (χ1) is 9.93. The molecule has 0 radical (unpaired) electrons. The van der Waals surface area contributed by atoms with Crippen LogP contribution in [0.4, 0.5) is 0 Å². The largest absolute Gasteiger partial charge is 0.342 e. The van der Waals surface area contributed by atoms with E-state index in [0.29, 0.717) is 18.3 Å². The van der Waals surface area contributed by atoms with E-state index in [-0.39, 0.29) is 29.9 Å². The monoisotopic (exact) mass is 294 g/mol. The van der Waals surface area contributed by atoms with Gasteiger partial charge in [0.2, 0.25) is 11.8 Å². The minimum absolute atomic E-state index is 0.0426. The Morgan fingerprint density at radius 2 is 2.00 bits per heavy atom. The van der Waals surface area contributed by atoms with Crippen LogP contribution in [0, 0.1) is 11.8 Å². The van der Waals surface area contributed by atoms with Gasteiger partial charge in [-0.05, 0) is 37.5 Å². The molecule has 1 heterocycles. The molecule has 2 aliphatic rings. The first-order valence-corrected chi connectivity index (χ1v) is 8.56. The van der Waals surface area contributed by atoms with Gasteiger partial charge in [-0.15, -0.1) is 0 Å². The van der Waals surface area contributed by atoms with Gasteiger partial charge in [0, 0.05) is 6.04 Å². The number of nitrogens with one attached hydrogen (secondary N) is 1. The molecule has 4 heteroatoms. The molecule has 0 aromatic carbocycles. The Balaban J connectivity index is 2.19. The van der Waals surface area contributed by atoms with Crippen LogP contribution in [0.1, 0.15) is 66.2 Å².